The zero-order chi connectivity index (χ0) is 22.1. The van der Waals surface area contributed by atoms with Crippen molar-refractivity contribution in [2.75, 3.05) is 24.1 Å². The number of nitrogens with two attached hydrogens (primary N) is 1. The Morgan fingerprint density at radius 2 is 1.94 bits per heavy atom. The first kappa shape index (κ1) is 20.3. The molecule has 0 atom stereocenters. The summed E-state index contributed by atoms with van der Waals surface area (Å²) in [6, 6.07) is 11.1. The van der Waals surface area contributed by atoms with E-state index in [0.29, 0.717) is 41.0 Å². The highest BCUT2D eigenvalue weighted by Gasteiger charge is 2.24. The Morgan fingerprint density at radius 3 is 2.72 bits per heavy atom. The smallest absolute Gasteiger partial charge is 0.253 e. The molecule has 4 N–H and O–H groups in total. The third kappa shape index (κ3) is 3.97. The lowest BCUT2D eigenvalue weighted by Gasteiger charge is -2.32. The third-order valence-corrected chi connectivity index (χ3v) is 6.00. The number of likely N-dealkylation sites (tertiary alicyclic amines) is 1. The van der Waals surface area contributed by atoms with Crippen molar-refractivity contribution in [1.29, 1.82) is 0 Å². The van der Waals surface area contributed by atoms with E-state index in [4.69, 9.17) is 17.3 Å². The second-order valence-corrected chi connectivity index (χ2v) is 8.23. The van der Waals surface area contributed by atoms with Gasteiger partial charge in [-0.05, 0) is 49.2 Å². The minimum Gasteiger partial charge on any atom is -0.399 e. The van der Waals surface area contributed by atoms with Crippen LogP contribution in [0.3, 0.4) is 0 Å². The van der Waals surface area contributed by atoms with Gasteiger partial charge in [0.2, 0.25) is 5.95 Å². The number of fused-ring (bicyclic) bond motifs is 1. The van der Waals surface area contributed by atoms with Crippen LogP contribution in [0.15, 0.2) is 55.0 Å². The number of benzene rings is 1. The quantitative estimate of drug-likeness (QED) is 0.408. The van der Waals surface area contributed by atoms with Gasteiger partial charge in [-0.1, -0.05) is 11.6 Å². The summed E-state index contributed by atoms with van der Waals surface area (Å²) < 4.78 is 0. The number of anilines is 2. The molecule has 9 heteroatoms. The summed E-state index contributed by atoms with van der Waals surface area (Å²) in [5.74, 6) is 0.548. The molecule has 1 saturated heterocycles. The zero-order valence-electron chi connectivity index (χ0n) is 17.3. The highest BCUT2D eigenvalue weighted by molar-refractivity contribution is 6.33. The van der Waals surface area contributed by atoms with Crippen molar-refractivity contribution in [3.05, 3.63) is 65.6 Å². The monoisotopic (exact) mass is 447 g/mol. The summed E-state index contributed by atoms with van der Waals surface area (Å²) in [6.07, 6.45) is 6.82. The highest BCUT2D eigenvalue weighted by Crippen LogP contribution is 2.32. The van der Waals surface area contributed by atoms with Crippen LogP contribution >= 0.6 is 11.6 Å². The Hall–Kier alpha value is -3.65. The van der Waals surface area contributed by atoms with Crippen LogP contribution in [0.25, 0.3) is 22.3 Å². The highest BCUT2D eigenvalue weighted by atomic mass is 35.5. The van der Waals surface area contributed by atoms with Gasteiger partial charge in [0.25, 0.3) is 5.91 Å². The Kier molecular flexibility index (Phi) is 5.36. The van der Waals surface area contributed by atoms with Gasteiger partial charge in [0, 0.05) is 53.7 Å². The fourth-order valence-corrected chi connectivity index (χ4v) is 4.19. The Morgan fingerprint density at radius 1 is 1.16 bits per heavy atom. The van der Waals surface area contributed by atoms with Crippen molar-refractivity contribution >= 4 is 40.2 Å². The number of aromatic amines is 1. The third-order valence-electron chi connectivity index (χ3n) is 5.72. The first-order valence-corrected chi connectivity index (χ1v) is 10.8. The molecule has 5 rings (SSSR count). The number of carbonyl (C=O) groups excluding carboxylic acids is 1. The number of hydrogen-bond donors (Lipinski definition) is 3. The molecule has 0 unspecified atom stereocenters. The van der Waals surface area contributed by atoms with Crippen LogP contribution in [-0.2, 0) is 0 Å². The molecule has 162 valence electrons. The second kappa shape index (κ2) is 8.47. The molecule has 1 aromatic carbocycles. The first-order valence-electron chi connectivity index (χ1n) is 10.4. The Bertz CT molecular complexity index is 1260. The zero-order valence-corrected chi connectivity index (χ0v) is 18.0. The molecule has 3 aromatic heterocycles. The molecule has 1 aliphatic heterocycles. The normalized spacial score (nSPS) is 14.6. The van der Waals surface area contributed by atoms with Crippen molar-refractivity contribution in [2.24, 2.45) is 0 Å². The molecule has 4 aromatic rings. The van der Waals surface area contributed by atoms with Crippen LogP contribution in [0, 0.1) is 0 Å². The fraction of sp³-hybridized carbons (Fsp3) is 0.217. The van der Waals surface area contributed by atoms with E-state index in [1.54, 1.807) is 36.7 Å². The van der Waals surface area contributed by atoms with Crippen molar-refractivity contribution in [3.8, 4) is 11.3 Å². The van der Waals surface area contributed by atoms with Crippen LogP contribution in [0.1, 0.15) is 23.2 Å². The van der Waals surface area contributed by atoms with Gasteiger partial charge in [-0.2, -0.15) is 0 Å². The molecule has 0 aliphatic carbocycles. The summed E-state index contributed by atoms with van der Waals surface area (Å²) in [6.45, 7) is 1.32. The largest absolute Gasteiger partial charge is 0.399 e. The number of rotatable bonds is 4. The van der Waals surface area contributed by atoms with E-state index in [9.17, 15) is 4.79 Å². The van der Waals surface area contributed by atoms with Crippen LogP contribution in [-0.4, -0.2) is 49.9 Å². The van der Waals surface area contributed by atoms with Gasteiger partial charge in [0.15, 0.2) is 0 Å². The van der Waals surface area contributed by atoms with E-state index in [2.05, 4.69) is 25.3 Å². The summed E-state index contributed by atoms with van der Waals surface area (Å²) in [5, 5.41) is 4.83. The van der Waals surface area contributed by atoms with Gasteiger partial charge in [-0.3, -0.25) is 4.79 Å². The van der Waals surface area contributed by atoms with E-state index in [-0.39, 0.29) is 11.9 Å². The molecule has 0 radical (unpaired) electrons. The number of H-pyrrole nitrogens is 1. The molecule has 0 saturated carbocycles. The average molecular weight is 448 g/mol. The average Bonchev–Trinajstić information content (AvgIpc) is 3.25. The number of amides is 1. The van der Waals surface area contributed by atoms with E-state index in [0.717, 1.165) is 29.4 Å². The maximum atomic E-state index is 12.7. The van der Waals surface area contributed by atoms with Gasteiger partial charge < -0.3 is 20.9 Å². The van der Waals surface area contributed by atoms with E-state index >= 15 is 0 Å². The lowest BCUT2D eigenvalue weighted by molar-refractivity contribution is 0.0718. The number of nitrogens with one attached hydrogen (secondary N) is 2. The SMILES string of the molecule is Nc1ccc(C(=O)N2CCC(Nc3ncc(Cl)c(-c4c[nH]c5ncccc45)n3)CC2)cc1. The number of nitrogen functional groups attached to an aromatic ring is 1. The molecule has 0 bridgehead atoms. The molecule has 1 aliphatic rings. The first-order chi connectivity index (χ1) is 15.6. The Balaban J connectivity index is 1.27. The Labute approximate surface area is 189 Å². The molecule has 32 heavy (non-hydrogen) atoms. The van der Waals surface area contributed by atoms with Crippen molar-refractivity contribution in [3.63, 3.8) is 0 Å². The number of aromatic nitrogens is 4. The number of nitrogens with zero attached hydrogens (tertiary/aromatic N) is 4. The van der Waals surface area contributed by atoms with Crippen LogP contribution < -0.4 is 11.1 Å². The minimum atomic E-state index is 0.0291. The lowest BCUT2D eigenvalue weighted by Crippen LogP contribution is -2.42. The van der Waals surface area contributed by atoms with E-state index in [1.807, 2.05) is 23.2 Å². The topological polar surface area (TPSA) is 113 Å². The van der Waals surface area contributed by atoms with E-state index in [1.165, 1.54) is 0 Å². The molecule has 8 nitrogen and oxygen atoms in total. The van der Waals surface area contributed by atoms with Gasteiger partial charge in [0.05, 0.1) is 16.9 Å². The molecule has 0 spiro atoms. The number of hydrogen-bond acceptors (Lipinski definition) is 6. The van der Waals surface area contributed by atoms with Gasteiger partial charge in [-0.25, -0.2) is 15.0 Å². The number of carbonyl (C=O) groups is 1. The van der Waals surface area contributed by atoms with Crippen LogP contribution in [0.5, 0.6) is 0 Å². The second-order valence-electron chi connectivity index (χ2n) is 7.82. The fourth-order valence-electron chi connectivity index (χ4n) is 4.00. The summed E-state index contributed by atoms with van der Waals surface area (Å²) >= 11 is 6.41. The maximum Gasteiger partial charge on any atom is 0.253 e. The predicted molar refractivity (Wildman–Crippen MR) is 126 cm³/mol. The maximum absolute atomic E-state index is 12.7. The standard InChI is InChI=1S/C23H22ClN7O/c24-19-13-28-23(30-20(19)18-12-27-21-17(18)2-1-9-26-21)29-16-7-10-31(11-8-16)22(32)14-3-5-15(25)6-4-14/h1-6,9,12-13,16H,7-8,10-11,25H2,(H,26,27)(H,28,29,30). The number of halogens is 1. The van der Waals surface area contributed by atoms with Crippen molar-refractivity contribution < 1.29 is 4.79 Å². The van der Waals surface area contributed by atoms with Crippen LogP contribution in [0.2, 0.25) is 5.02 Å². The predicted octanol–water partition coefficient (Wildman–Crippen LogP) is 3.97. The minimum absolute atomic E-state index is 0.0291. The molecule has 1 fully saturated rings. The lowest BCUT2D eigenvalue weighted by atomic mass is 10.0. The molecule has 4 heterocycles. The van der Waals surface area contributed by atoms with Gasteiger partial charge in [0.1, 0.15) is 5.65 Å². The van der Waals surface area contributed by atoms with Crippen LogP contribution in [0.4, 0.5) is 11.6 Å². The van der Waals surface area contributed by atoms with E-state index < -0.39 is 0 Å². The number of piperidine rings is 1. The number of pyridine rings is 1. The molecule has 1 amide bonds. The van der Waals surface area contributed by atoms with Crippen molar-refractivity contribution in [1.82, 2.24) is 24.8 Å². The molecular weight excluding hydrogens is 426 g/mol. The summed E-state index contributed by atoms with van der Waals surface area (Å²) in [4.78, 5) is 31.1. The van der Waals surface area contributed by atoms with Gasteiger partial charge >= 0.3 is 0 Å². The van der Waals surface area contributed by atoms with Gasteiger partial charge in [-0.15, -0.1) is 0 Å². The molecular formula is C23H22ClN7O. The summed E-state index contributed by atoms with van der Waals surface area (Å²) in [7, 11) is 0. The van der Waals surface area contributed by atoms with Crippen molar-refractivity contribution in [2.45, 2.75) is 18.9 Å². The summed E-state index contributed by atoms with van der Waals surface area (Å²) in [5.41, 5.74) is 9.34.